The number of carbonyl (C=O) groups is 1. The van der Waals surface area contributed by atoms with Crippen LogP contribution in [0.15, 0.2) is 71.6 Å². The number of nitrogens with zero attached hydrogens (tertiary/aromatic N) is 1. The van der Waals surface area contributed by atoms with Gasteiger partial charge in [0, 0.05) is 17.5 Å². The Morgan fingerprint density at radius 2 is 1.83 bits per heavy atom. The first-order valence-electron chi connectivity index (χ1n) is 8.67. The number of sulfone groups is 1. The van der Waals surface area contributed by atoms with Gasteiger partial charge in [0.05, 0.1) is 21.5 Å². The fourth-order valence-corrected chi connectivity index (χ4v) is 3.92. The van der Waals surface area contributed by atoms with Gasteiger partial charge in [-0.1, -0.05) is 24.3 Å². The Morgan fingerprint density at radius 1 is 1.03 bits per heavy atom. The quantitative estimate of drug-likeness (QED) is 0.532. The fraction of sp³-hybridized carbons (Fsp3) is 0.0476. The number of rotatable bonds is 4. The van der Waals surface area contributed by atoms with E-state index in [0.29, 0.717) is 28.1 Å². The molecule has 6 nitrogen and oxygen atoms in total. The zero-order chi connectivity index (χ0) is 20.6. The van der Waals surface area contributed by atoms with Gasteiger partial charge in [-0.05, 0) is 42.5 Å². The SMILES string of the molecule is CS(=O)(=O)c1ccccc1C(=O)Nc1ccc2nc(-c3cccc(F)c3)[nH]c2c1. The first kappa shape index (κ1) is 18.8. The highest BCUT2D eigenvalue weighted by Gasteiger charge is 2.18. The van der Waals surface area contributed by atoms with E-state index < -0.39 is 15.7 Å². The molecule has 4 rings (SSSR count). The number of fused-ring (bicyclic) bond motifs is 1. The summed E-state index contributed by atoms with van der Waals surface area (Å²) < 4.78 is 37.3. The van der Waals surface area contributed by atoms with Crippen LogP contribution in [0.25, 0.3) is 22.4 Å². The molecule has 3 aromatic carbocycles. The average molecular weight is 409 g/mol. The minimum atomic E-state index is -3.54. The first-order valence-corrected chi connectivity index (χ1v) is 10.6. The average Bonchev–Trinajstić information content (AvgIpc) is 3.11. The summed E-state index contributed by atoms with van der Waals surface area (Å²) in [6, 6.07) is 17.2. The van der Waals surface area contributed by atoms with Gasteiger partial charge in [0.15, 0.2) is 9.84 Å². The summed E-state index contributed by atoms with van der Waals surface area (Å²) >= 11 is 0. The van der Waals surface area contributed by atoms with Crippen LogP contribution in [-0.2, 0) is 9.84 Å². The number of anilines is 1. The van der Waals surface area contributed by atoms with E-state index in [9.17, 15) is 17.6 Å². The Balaban J connectivity index is 1.65. The smallest absolute Gasteiger partial charge is 0.256 e. The normalized spacial score (nSPS) is 11.5. The number of carbonyl (C=O) groups excluding carboxylic acids is 1. The second-order valence-corrected chi connectivity index (χ2v) is 8.53. The van der Waals surface area contributed by atoms with E-state index >= 15 is 0 Å². The van der Waals surface area contributed by atoms with E-state index in [0.717, 1.165) is 6.26 Å². The summed E-state index contributed by atoms with van der Waals surface area (Å²) in [4.78, 5) is 20.1. The number of nitrogens with one attached hydrogen (secondary N) is 2. The Kier molecular flexibility index (Phi) is 4.63. The molecule has 0 saturated carbocycles. The number of H-pyrrole nitrogens is 1. The molecule has 0 spiro atoms. The molecule has 1 aromatic heterocycles. The molecule has 0 atom stereocenters. The molecule has 0 fully saturated rings. The summed E-state index contributed by atoms with van der Waals surface area (Å²) in [5.74, 6) is -0.388. The summed E-state index contributed by atoms with van der Waals surface area (Å²) in [6.45, 7) is 0. The minimum absolute atomic E-state index is 0.0338. The van der Waals surface area contributed by atoms with E-state index in [1.165, 1.54) is 24.3 Å². The van der Waals surface area contributed by atoms with Crippen molar-refractivity contribution in [1.82, 2.24) is 9.97 Å². The molecule has 0 aliphatic rings. The number of amides is 1. The zero-order valence-electron chi connectivity index (χ0n) is 15.3. The van der Waals surface area contributed by atoms with Gasteiger partial charge in [-0.15, -0.1) is 0 Å². The highest BCUT2D eigenvalue weighted by atomic mass is 32.2. The number of aromatic nitrogens is 2. The minimum Gasteiger partial charge on any atom is -0.338 e. The first-order chi connectivity index (χ1) is 13.8. The van der Waals surface area contributed by atoms with E-state index in [2.05, 4.69) is 15.3 Å². The van der Waals surface area contributed by atoms with Gasteiger partial charge in [0.2, 0.25) is 0 Å². The predicted octanol–water partition coefficient (Wildman–Crippen LogP) is 4.02. The second-order valence-electron chi connectivity index (χ2n) is 6.55. The molecule has 8 heteroatoms. The van der Waals surface area contributed by atoms with Crippen LogP contribution in [0.1, 0.15) is 10.4 Å². The van der Waals surface area contributed by atoms with Gasteiger partial charge in [0.25, 0.3) is 5.91 Å². The van der Waals surface area contributed by atoms with E-state index in [-0.39, 0.29) is 16.3 Å². The van der Waals surface area contributed by atoms with E-state index in [1.807, 2.05) is 0 Å². The van der Waals surface area contributed by atoms with Crippen molar-refractivity contribution in [2.24, 2.45) is 0 Å². The summed E-state index contributed by atoms with van der Waals surface area (Å²) in [7, 11) is -3.54. The molecule has 4 aromatic rings. The molecule has 2 N–H and O–H groups in total. The van der Waals surface area contributed by atoms with Gasteiger partial charge in [0.1, 0.15) is 11.6 Å². The molecule has 29 heavy (non-hydrogen) atoms. The lowest BCUT2D eigenvalue weighted by atomic mass is 10.2. The Morgan fingerprint density at radius 3 is 2.59 bits per heavy atom. The number of halogens is 1. The maximum absolute atomic E-state index is 13.5. The molecule has 0 saturated heterocycles. The van der Waals surface area contributed by atoms with Crippen molar-refractivity contribution in [3.63, 3.8) is 0 Å². The van der Waals surface area contributed by atoms with Crippen molar-refractivity contribution in [1.29, 1.82) is 0 Å². The van der Waals surface area contributed by atoms with Crippen molar-refractivity contribution >= 4 is 32.5 Å². The fourth-order valence-electron chi connectivity index (χ4n) is 3.04. The lowest BCUT2D eigenvalue weighted by molar-refractivity contribution is 0.102. The summed E-state index contributed by atoms with van der Waals surface area (Å²) in [6.07, 6.45) is 1.06. The number of hydrogen-bond donors (Lipinski definition) is 2. The van der Waals surface area contributed by atoms with Gasteiger partial charge in [-0.25, -0.2) is 17.8 Å². The molecule has 0 aliphatic carbocycles. The van der Waals surface area contributed by atoms with Gasteiger partial charge < -0.3 is 10.3 Å². The Bertz CT molecular complexity index is 1350. The predicted molar refractivity (Wildman–Crippen MR) is 109 cm³/mol. The van der Waals surface area contributed by atoms with Crippen LogP contribution in [0, 0.1) is 5.82 Å². The van der Waals surface area contributed by atoms with Crippen molar-refractivity contribution in [2.75, 3.05) is 11.6 Å². The standard InChI is InChI=1S/C21H16FN3O3S/c1-29(27,28)19-8-3-2-7-16(19)21(26)23-15-9-10-17-18(12-15)25-20(24-17)13-5-4-6-14(22)11-13/h2-12H,1H3,(H,23,26)(H,24,25). The third kappa shape index (κ3) is 3.88. The van der Waals surface area contributed by atoms with Crippen molar-refractivity contribution in [3.8, 4) is 11.4 Å². The number of imidazole rings is 1. The third-order valence-corrected chi connectivity index (χ3v) is 5.52. The molecular formula is C21H16FN3O3S. The van der Waals surface area contributed by atoms with Gasteiger partial charge in [-0.2, -0.15) is 0 Å². The highest BCUT2D eigenvalue weighted by molar-refractivity contribution is 7.90. The number of hydrogen-bond acceptors (Lipinski definition) is 4. The largest absolute Gasteiger partial charge is 0.338 e. The van der Waals surface area contributed by atoms with Gasteiger partial charge >= 0.3 is 0 Å². The molecule has 1 heterocycles. The van der Waals surface area contributed by atoms with Crippen LogP contribution in [0.5, 0.6) is 0 Å². The van der Waals surface area contributed by atoms with Crippen molar-refractivity contribution in [2.45, 2.75) is 4.90 Å². The molecular weight excluding hydrogens is 393 g/mol. The van der Waals surface area contributed by atoms with Crippen LogP contribution in [-0.4, -0.2) is 30.5 Å². The van der Waals surface area contributed by atoms with Crippen molar-refractivity contribution in [3.05, 3.63) is 78.1 Å². The maximum atomic E-state index is 13.5. The number of aromatic amines is 1. The van der Waals surface area contributed by atoms with Crippen molar-refractivity contribution < 1.29 is 17.6 Å². The van der Waals surface area contributed by atoms with Gasteiger partial charge in [-0.3, -0.25) is 4.79 Å². The molecule has 0 unspecified atom stereocenters. The van der Waals surface area contributed by atoms with Crippen LogP contribution >= 0.6 is 0 Å². The van der Waals surface area contributed by atoms with Crippen LogP contribution in [0.2, 0.25) is 0 Å². The zero-order valence-corrected chi connectivity index (χ0v) is 16.1. The molecule has 0 bridgehead atoms. The lowest BCUT2D eigenvalue weighted by Gasteiger charge is -2.09. The maximum Gasteiger partial charge on any atom is 0.256 e. The topological polar surface area (TPSA) is 91.9 Å². The van der Waals surface area contributed by atoms with Crippen LogP contribution in [0.3, 0.4) is 0 Å². The highest BCUT2D eigenvalue weighted by Crippen LogP contribution is 2.24. The Hall–Kier alpha value is -3.52. The Labute approximate surface area is 166 Å². The lowest BCUT2D eigenvalue weighted by Crippen LogP contribution is -2.15. The molecule has 0 aliphatic heterocycles. The molecule has 146 valence electrons. The second kappa shape index (κ2) is 7.14. The molecule has 0 radical (unpaired) electrons. The van der Waals surface area contributed by atoms with Crippen LogP contribution < -0.4 is 5.32 Å². The van der Waals surface area contributed by atoms with E-state index in [4.69, 9.17) is 0 Å². The third-order valence-electron chi connectivity index (χ3n) is 4.37. The van der Waals surface area contributed by atoms with Crippen LogP contribution in [0.4, 0.5) is 10.1 Å². The summed E-state index contributed by atoms with van der Waals surface area (Å²) in [5, 5.41) is 2.71. The molecule has 1 amide bonds. The summed E-state index contributed by atoms with van der Waals surface area (Å²) in [5.41, 5.74) is 2.45. The monoisotopic (exact) mass is 409 g/mol. The van der Waals surface area contributed by atoms with E-state index in [1.54, 1.807) is 42.5 Å². The number of benzene rings is 3.